The summed E-state index contributed by atoms with van der Waals surface area (Å²) in [5.41, 5.74) is 4.05. The van der Waals surface area contributed by atoms with Gasteiger partial charge in [-0.05, 0) is 55.9 Å². The molecular weight excluding hydrogens is 376 g/mol. The maximum atomic E-state index is 4.84. The fourth-order valence-corrected chi connectivity index (χ4v) is 3.72. The number of rotatable bonds is 5. The van der Waals surface area contributed by atoms with Crippen molar-refractivity contribution in [2.24, 2.45) is 0 Å². The smallest absolute Gasteiger partial charge is 0.225 e. The number of nitrogens with one attached hydrogen (secondary N) is 1. The van der Waals surface area contributed by atoms with Gasteiger partial charge in [0.05, 0.1) is 5.69 Å². The van der Waals surface area contributed by atoms with Crippen LogP contribution in [0.25, 0.3) is 0 Å². The van der Waals surface area contributed by atoms with Gasteiger partial charge < -0.3 is 10.2 Å². The highest BCUT2D eigenvalue weighted by Gasteiger charge is 2.28. The Morgan fingerprint density at radius 1 is 1.24 bits per heavy atom. The summed E-state index contributed by atoms with van der Waals surface area (Å²) in [4.78, 5) is 12.0. The highest BCUT2D eigenvalue weighted by atomic mass is 79.9. The molecule has 0 unspecified atom stereocenters. The van der Waals surface area contributed by atoms with Crippen LogP contribution >= 0.6 is 15.9 Å². The lowest BCUT2D eigenvalue weighted by molar-refractivity contribution is 0.711. The van der Waals surface area contributed by atoms with E-state index in [2.05, 4.69) is 64.3 Å². The van der Waals surface area contributed by atoms with Gasteiger partial charge in [-0.3, -0.25) is 0 Å². The van der Waals surface area contributed by atoms with E-state index >= 15 is 0 Å². The number of benzene rings is 1. The second-order valence-corrected chi connectivity index (χ2v) is 8.20. The molecule has 1 aliphatic carbocycles. The lowest BCUT2D eigenvalue weighted by atomic mass is 10.00. The normalized spacial score (nSPS) is 18.0. The minimum atomic E-state index is 0.390. The van der Waals surface area contributed by atoms with E-state index in [9.17, 15) is 0 Å². The maximum Gasteiger partial charge on any atom is 0.225 e. The maximum absolute atomic E-state index is 4.84. The molecule has 0 bridgehead atoms. The molecule has 1 atom stereocenters. The predicted molar refractivity (Wildman–Crippen MR) is 106 cm³/mol. The molecule has 5 heteroatoms. The van der Waals surface area contributed by atoms with Gasteiger partial charge >= 0.3 is 0 Å². The van der Waals surface area contributed by atoms with Crippen LogP contribution in [0.4, 0.5) is 11.8 Å². The number of fused-ring (bicyclic) bond motifs is 1. The summed E-state index contributed by atoms with van der Waals surface area (Å²) in [6.45, 7) is 6.30. The summed E-state index contributed by atoms with van der Waals surface area (Å²) in [5.74, 6) is 2.49. The van der Waals surface area contributed by atoms with E-state index in [1.54, 1.807) is 0 Å². The number of halogens is 1. The van der Waals surface area contributed by atoms with Gasteiger partial charge in [0.1, 0.15) is 5.82 Å². The molecule has 0 spiro atoms. The van der Waals surface area contributed by atoms with E-state index in [4.69, 9.17) is 9.97 Å². The fraction of sp³-hybridized carbons (Fsp3) is 0.500. The quantitative estimate of drug-likeness (QED) is 0.775. The zero-order valence-electron chi connectivity index (χ0n) is 14.9. The van der Waals surface area contributed by atoms with Crippen LogP contribution in [-0.4, -0.2) is 22.6 Å². The fourth-order valence-electron chi connectivity index (χ4n) is 3.31. The molecule has 2 aliphatic rings. The minimum Gasteiger partial charge on any atom is -0.352 e. The Labute approximate surface area is 158 Å². The van der Waals surface area contributed by atoms with Gasteiger partial charge in [-0.2, -0.15) is 4.98 Å². The molecule has 1 saturated carbocycles. The number of nitrogens with zero attached hydrogens (tertiary/aromatic N) is 3. The van der Waals surface area contributed by atoms with Crippen molar-refractivity contribution in [3.05, 3.63) is 45.6 Å². The molecule has 1 aromatic heterocycles. The number of anilines is 2. The zero-order chi connectivity index (χ0) is 17.4. The predicted octanol–water partition coefficient (Wildman–Crippen LogP) is 4.89. The lowest BCUT2D eigenvalue weighted by Crippen LogP contribution is -2.31. The molecule has 4 nitrogen and oxygen atoms in total. The van der Waals surface area contributed by atoms with Crippen LogP contribution in [0.2, 0.25) is 0 Å². The Balaban J connectivity index is 1.61. The average Bonchev–Trinajstić information content (AvgIpc) is 3.46. The third-order valence-corrected chi connectivity index (χ3v) is 5.71. The summed E-state index contributed by atoms with van der Waals surface area (Å²) in [5, 5.41) is 3.47. The molecule has 1 fully saturated rings. The van der Waals surface area contributed by atoms with Gasteiger partial charge in [0, 0.05) is 35.6 Å². The molecular formula is C20H25BrN4. The van der Waals surface area contributed by atoms with E-state index in [-0.39, 0.29) is 0 Å². The van der Waals surface area contributed by atoms with Crippen LogP contribution in [0.15, 0.2) is 28.7 Å². The Bertz CT molecular complexity index is 772. The number of hydrogen-bond donors (Lipinski definition) is 1. The van der Waals surface area contributed by atoms with Crippen LogP contribution < -0.4 is 10.2 Å². The van der Waals surface area contributed by atoms with Crippen molar-refractivity contribution in [3.8, 4) is 0 Å². The standard InChI is InChI=1S/C20H25BrN4/c1-3-13(2)22-20-23-18(14-4-5-14)11-19(24-20)25-9-8-15-10-17(21)7-6-16(15)12-25/h6-7,10-11,13-14H,3-5,8-9,12H2,1-2H3,(H,22,23,24)/t13-/m0/s1. The first-order valence-corrected chi connectivity index (χ1v) is 10.1. The van der Waals surface area contributed by atoms with Gasteiger partial charge in [0.25, 0.3) is 0 Å². The van der Waals surface area contributed by atoms with Crippen LogP contribution in [0.5, 0.6) is 0 Å². The van der Waals surface area contributed by atoms with Crippen LogP contribution in [0.1, 0.15) is 55.8 Å². The summed E-state index contributed by atoms with van der Waals surface area (Å²) in [7, 11) is 0. The van der Waals surface area contributed by atoms with Crippen molar-refractivity contribution in [2.75, 3.05) is 16.8 Å². The summed E-state index contributed by atoms with van der Waals surface area (Å²) in [6, 6.07) is 9.21. The molecule has 0 amide bonds. The zero-order valence-corrected chi connectivity index (χ0v) is 16.5. The summed E-state index contributed by atoms with van der Waals surface area (Å²) < 4.78 is 1.16. The highest BCUT2D eigenvalue weighted by molar-refractivity contribution is 9.10. The Morgan fingerprint density at radius 2 is 2.08 bits per heavy atom. The molecule has 1 aliphatic heterocycles. The Kier molecular flexibility index (Phi) is 4.67. The molecule has 132 valence electrons. The highest BCUT2D eigenvalue weighted by Crippen LogP contribution is 2.40. The largest absolute Gasteiger partial charge is 0.352 e. The Hall–Kier alpha value is -1.62. The molecule has 25 heavy (non-hydrogen) atoms. The van der Waals surface area contributed by atoms with Crippen molar-refractivity contribution < 1.29 is 0 Å². The van der Waals surface area contributed by atoms with Gasteiger partial charge in [-0.15, -0.1) is 0 Å². The van der Waals surface area contributed by atoms with E-state index in [1.807, 2.05) is 0 Å². The molecule has 2 heterocycles. The van der Waals surface area contributed by atoms with Crippen LogP contribution in [0.3, 0.4) is 0 Å². The van der Waals surface area contributed by atoms with Crippen molar-refractivity contribution in [3.63, 3.8) is 0 Å². The number of hydrogen-bond acceptors (Lipinski definition) is 4. The Morgan fingerprint density at radius 3 is 2.84 bits per heavy atom. The van der Waals surface area contributed by atoms with Crippen molar-refractivity contribution in [2.45, 2.75) is 58.0 Å². The second-order valence-electron chi connectivity index (χ2n) is 7.29. The van der Waals surface area contributed by atoms with Crippen molar-refractivity contribution in [1.29, 1.82) is 0 Å². The van der Waals surface area contributed by atoms with Crippen LogP contribution in [0, 0.1) is 0 Å². The lowest BCUT2D eigenvalue weighted by Gasteiger charge is -2.30. The molecule has 0 saturated heterocycles. The first-order chi connectivity index (χ1) is 12.1. The van der Waals surface area contributed by atoms with E-state index in [1.165, 1.54) is 29.7 Å². The summed E-state index contributed by atoms with van der Waals surface area (Å²) >= 11 is 3.58. The molecule has 1 N–H and O–H groups in total. The molecule has 0 radical (unpaired) electrons. The molecule has 1 aromatic carbocycles. The number of aromatic nitrogens is 2. The average molecular weight is 401 g/mol. The van der Waals surface area contributed by atoms with Gasteiger partial charge in [0.2, 0.25) is 5.95 Å². The third-order valence-electron chi connectivity index (χ3n) is 5.22. The van der Waals surface area contributed by atoms with Crippen molar-refractivity contribution in [1.82, 2.24) is 9.97 Å². The van der Waals surface area contributed by atoms with Gasteiger partial charge in [0.15, 0.2) is 0 Å². The van der Waals surface area contributed by atoms with E-state index < -0.39 is 0 Å². The SMILES string of the molecule is CC[C@H](C)Nc1nc(C2CC2)cc(N2CCc3cc(Br)ccc3C2)n1. The third kappa shape index (κ3) is 3.81. The topological polar surface area (TPSA) is 41.1 Å². The van der Waals surface area contributed by atoms with Crippen molar-refractivity contribution >= 4 is 27.7 Å². The monoisotopic (exact) mass is 400 g/mol. The van der Waals surface area contributed by atoms with Crippen LogP contribution in [-0.2, 0) is 13.0 Å². The van der Waals surface area contributed by atoms with Gasteiger partial charge in [-0.25, -0.2) is 4.98 Å². The first kappa shape index (κ1) is 16.8. The second kappa shape index (κ2) is 6.94. The molecule has 4 rings (SSSR count). The van der Waals surface area contributed by atoms with E-state index in [0.29, 0.717) is 12.0 Å². The first-order valence-electron chi connectivity index (χ1n) is 9.30. The van der Waals surface area contributed by atoms with E-state index in [0.717, 1.165) is 42.2 Å². The summed E-state index contributed by atoms with van der Waals surface area (Å²) in [6.07, 6.45) is 4.65. The molecule has 2 aromatic rings. The van der Waals surface area contributed by atoms with Gasteiger partial charge in [-0.1, -0.05) is 28.9 Å². The minimum absolute atomic E-state index is 0.390.